The van der Waals surface area contributed by atoms with Gasteiger partial charge < -0.3 is 14.6 Å². The standard InChI is InChI=1S/C19H16N4O4S/c1-12(19(25)21-14-5-2-4-13(10-14)11-20)26-17(24)8-7-16-22-18(23-27-16)15-6-3-9-28-15/h2-6,9-10,12H,7-8H2,1H3,(H,21,25)/t12-/m0/s1. The summed E-state index contributed by atoms with van der Waals surface area (Å²) in [6, 6.07) is 12.2. The topological polar surface area (TPSA) is 118 Å². The van der Waals surface area contributed by atoms with Gasteiger partial charge >= 0.3 is 5.97 Å². The SMILES string of the molecule is C[C@H](OC(=O)CCc1nc(-c2cccs2)no1)C(=O)Nc1cccc(C#N)c1. The van der Waals surface area contributed by atoms with Crippen LogP contribution in [-0.4, -0.2) is 28.1 Å². The normalized spacial score (nSPS) is 11.4. The van der Waals surface area contributed by atoms with Gasteiger partial charge in [-0.3, -0.25) is 9.59 Å². The van der Waals surface area contributed by atoms with Crippen LogP contribution in [0.5, 0.6) is 0 Å². The molecule has 0 radical (unpaired) electrons. The number of benzene rings is 1. The third-order valence-corrected chi connectivity index (χ3v) is 4.56. The van der Waals surface area contributed by atoms with Crippen LogP contribution in [-0.2, 0) is 20.7 Å². The molecule has 0 aliphatic heterocycles. The number of aryl methyl sites for hydroxylation is 1. The second kappa shape index (κ2) is 8.92. The number of aromatic nitrogens is 2. The summed E-state index contributed by atoms with van der Waals surface area (Å²) in [5.41, 5.74) is 0.878. The molecule has 8 nitrogen and oxygen atoms in total. The highest BCUT2D eigenvalue weighted by atomic mass is 32.1. The van der Waals surface area contributed by atoms with Gasteiger partial charge in [0.25, 0.3) is 5.91 Å². The number of nitriles is 1. The second-order valence-corrected chi connectivity index (χ2v) is 6.75. The minimum atomic E-state index is -0.984. The van der Waals surface area contributed by atoms with Gasteiger partial charge in [-0.25, -0.2) is 0 Å². The zero-order valence-electron chi connectivity index (χ0n) is 14.9. The molecule has 0 spiro atoms. The van der Waals surface area contributed by atoms with Gasteiger partial charge in [-0.15, -0.1) is 11.3 Å². The number of thiophene rings is 1. The first-order chi connectivity index (χ1) is 13.5. The minimum Gasteiger partial charge on any atom is -0.453 e. The molecule has 0 bridgehead atoms. The lowest BCUT2D eigenvalue weighted by Gasteiger charge is -2.13. The number of nitrogens with one attached hydrogen (secondary N) is 1. The first-order valence-electron chi connectivity index (χ1n) is 8.42. The smallest absolute Gasteiger partial charge is 0.307 e. The largest absolute Gasteiger partial charge is 0.453 e. The lowest BCUT2D eigenvalue weighted by atomic mass is 10.2. The average Bonchev–Trinajstić information content (AvgIpc) is 3.38. The van der Waals surface area contributed by atoms with E-state index in [4.69, 9.17) is 14.5 Å². The van der Waals surface area contributed by atoms with E-state index in [1.54, 1.807) is 18.2 Å². The Morgan fingerprint density at radius 3 is 2.96 bits per heavy atom. The third kappa shape index (κ3) is 5.02. The number of hydrogen-bond donors (Lipinski definition) is 1. The molecular formula is C19H16N4O4S. The third-order valence-electron chi connectivity index (χ3n) is 3.69. The Balaban J connectivity index is 1.47. The van der Waals surface area contributed by atoms with Crippen molar-refractivity contribution in [2.45, 2.75) is 25.9 Å². The van der Waals surface area contributed by atoms with E-state index in [0.717, 1.165) is 4.88 Å². The molecule has 3 rings (SSSR count). The Hall–Kier alpha value is -3.51. The van der Waals surface area contributed by atoms with Crippen molar-refractivity contribution in [2.75, 3.05) is 5.32 Å². The van der Waals surface area contributed by atoms with Crippen LogP contribution in [0.4, 0.5) is 5.69 Å². The molecule has 1 N–H and O–H groups in total. The van der Waals surface area contributed by atoms with Gasteiger partial charge in [-0.2, -0.15) is 10.2 Å². The van der Waals surface area contributed by atoms with Crippen molar-refractivity contribution in [3.8, 4) is 16.8 Å². The molecule has 1 atom stereocenters. The van der Waals surface area contributed by atoms with Crippen LogP contribution in [0.25, 0.3) is 10.7 Å². The van der Waals surface area contributed by atoms with Gasteiger partial charge in [0.15, 0.2) is 6.10 Å². The molecule has 0 unspecified atom stereocenters. The monoisotopic (exact) mass is 396 g/mol. The van der Waals surface area contributed by atoms with Gasteiger partial charge in [0, 0.05) is 12.1 Å². The second-order valence-electron chi connectivity index (χ2n) is 5.80. The first-order valence-corrected chi connectivity index (χ1v) is 9.30. The van der Waals surface area contributed by atoms with Crippen LogP contribution in [0, 0.1) is 11.3 Å². The number of esters is 1. The number of carbonyl (C=O) groups is 2. The van der Waals surface area contributed by atoms with E-state index < -0.39 is 18.0 Å². The summed E-state index contributed by atoms with van der Waals surface area (Å²) < 4.78 is 10.3. The molecule has 2 heterocycles. The van der Waals surface area contributed by atoms with E-state index in [1.165, 1.54) is 24.3 Å². The summed E-state index contributed by atoms with van der Waals surface area (Å²) in [4.78, 5) is 29.2. The summed E-state index contributed by atoms with van der Waals surface area (Å²) in [6.45, 7) is 1.48. The number of carbonyl (C=O) groups excluding carboxylic acids is 2. The maximum atomic E-state index is 12.1. The van der Waals surface area contributed by atoms with Crippen LogP contribution >= 0.6 is 11.3 Å². The first kappa shape index (κ1) is 19.3. The van der Waals surface area contributed by atoms with Crippen molar-refractivity contribution in [1.82, 2.24) is 10.1 Å². The predicted octanol–water partition coefficient (Wildman–Crippen LogP) is 3.17. The molecule has 1 aromatic carbocycles. The number of nitrogens with zero attached hydrogens (tertiary/aromatic N) is 3. The van der Waals surface area contributed by atoms with Crippen molar-refractivity contribution in [2.24, 2.45) is 0 Å². The lowest BCUT2D eigenvalue weighted by Crippen LogP contribution is -2.30. The van der Waals surface area contributed by atoms with Crippen LogP contribution in [0.15, 0.2) is 46.3 Å². The van der Waals surface area contributed by atoms with Crippen LogP contribution < -0.4 is 5.32 Å². The molecule has 3 aromatic rings. The molecule has 0 aliphatic carbocycles. The highest BCUT2D eigenvalue weighted by Crippen LogP contribution is 2.21. The molecule has 0 aliphatic rings. The molecule has 2 aromatic heterocycles. The number of hydrogen-bond acceptors (Lipinski definition) is 8. The number of amides is 1. The average molecular weight is 396 g/mol. The number of ether oxygens (including phenoxy) is 1. The predicted molar refractivity (Wildman–Crippen MR) is 101 cm³/mol. The Morgan fingerprint density at radius 2 is 2.21 bits per heavy atom. The van der Waals surface area contributed by atoms with Gasteiger partial charge in [0.2, 0.25) is 11.7 Å². The van der Waals surface area contributed by atoms with E-state index >= 15 is 0 Å². The Labute approximate surface area is 164 Å². The van der Waals surface area contributed by atoms with Crippen molar-refractivity contribution < 1.29 is 18.8 Å². The Morgan fingerprint density at radius 1 is 1.36 bits per heavy atom. The molecule has 0 saturated carbocycles. The minimum absolute atomic E-state index is 0.00755. The highest BCUT2D eigenvalue weighted by molar-refractivity contribution is 7.13. The van der Waals surface area contributed by atoms with Crippen LogP contribution in [0.1, 0.15) is 24.8 Å². The highest BCUT2D eigenvalue weighted by Gasteiger charge is 2.19. The van der Waals surface area contributed by atoms with Crippen LogP contribution in [0.2, 0.25) is 0 Å². The van der Waals surface area contributed by atoms with E-state index in [2.05, 4.69) is 15.5 Å². The molecule has 0 fully saturated rings. The summed E-state index contributed by atoms with van der Waals surface area (Å²) in [7, 11) is 0. The van der Waals surface area contributed by atoms with Gasteiger partial charge in [-0.1, -0.05) is 17.3 Å². The van der Waals surface area contributed by atoms with Crippen molar-refractivity contribution >= 4 is 28.9 Å². The fourth-order valence-corrected chi connectivity index (χ4v) is 2.94. The van der Waals surface area contributed by atoms with Gasteiger partial charge in [-0.05, 0) is 36.6 Å². The van der Waals surface area contributed by atoms with E-state index in [1.807, 2.05) is 23.6 Å². The molecule has 28 heavy (non-hydrogen) atoms. The number of rotatable bonds is 7. The van der Waals surface area contributed by atoms with E-state index in [-0.39, 0.29) is 12.8 Å². The van der Waals surface area contributed by atoms with Crippen molar-refractivity contribution in [1.29, 1.82) is 5.26 Å². The Bertz CT molecular complexity index is 1010. The van der Waals surface area contributed by atoms with Gasteiger partial charge in [0.05, 0.1) is 22.9 Å². The summed E-state index contributed by atoms with van der Waals surface area (Å²) >= 11 is 1.49. The molecule has 1 amide bonds. The van der Waals surface area contributed by atoms with Crippen LogP contribution in [0.3, 0.4) is 0 Å². The summed E-state index contributed by atoms with van der Waals surface area (Å²) in [6.07, 6.45) is -0.758. The Kier molecular flexibility index (Phi) is 6.14. The fourth-order valence-electron chi connectivity index (χ4n) is 2.29. The van der Waals surface area contributed by atoms with Gasteiger partial charge in [0.1, 0.15) is 0 Å². The number of anilines is 1. The van der Waals surface area contributed by atoms with Crippen molar-refractivity contribution in [3.63, 3.8) is 0 Å². The van der Waals surface area contributed by atoms with E-state index in [9.17, 15) is 9.59 Å². The van der Waals surface area contributed by atoms with Crippen molar-refractivity contribution in [3.05, 3.63) is 53.2 Å². The molecule has 142 valence electrons. The zero-order valence-corrected chi connectivity index (χ0v) is 15.7. The molecule has 9 heteroatoms. The lowest BCUT2D eigenvalue weighted by molar-refractivity contribution is -0.153. The van der Waals surface area contributed by atoms with E-state index in [0.29, 0.717) is 23.0 Å². The summed E-state index contributed by atoms with van der Waals surface area (Å²) in [5.74, 6) is -0.234. The zero-order chi connectivity index (χ0) is 19.9. The maximum absolute atomic E-state index is 12.1. The quantitative estimate of drug-likeness (QED) is 0.609. The molecule has 0 saturated heterocycles. The fraction of sp³-hybridized carbons (Fsp3) is 0.211. The molecular weight excluding hydrogens is 380 g/mol. The maximum Gasteiger partial charge on any atom is 0.307 e. The summed E-state index contributed by atoms with van der Waals surface area (Å²) in [5, 5.41) is 17.3.